The Morgan fingerprint density at radius 2 is 1.96 bits per heavy atom. The molecule has 0 unspecified atom stereocenters. The number of carbonyl (C=O) groups excluding carboxylic acids is 1. The Hall–Kier alpha value is -2.92. The summed E-state index contributed by atoms with van der Waals surface area (Å²) < 4.78 is 16.1. The van der Waals surface area contributed by atoms with Gasteiger partial charge in [0.1, 0.15) is 12.4 Å². The predicted octanol–water partition coefficient (Wildman–Crippen LogP) is 4.33. The van der Waals surface area contributed by atoms with Crippen LogP contribution in [0.3, 0.4) is 0 Å². The molecule has 0 fully saturated rings. The highest BCUT2D eigenvalue weighted by molar-refractivity contribution is 6.30. The minimum Gasteiger partial charge on any atom is -0.493 e. The Morgan fingerprint density at radius 1 is 1.15 bits per heavy atom. The smallest absolute Gasteiger partial charge is 0.248 e. The molecule has 1 aliphatic heterocycles. The third-order valence-corrected chi connectivity index (χ3v) is 4.04. The number of hydrogen-bond donors (Lipinski definition) is 1. The van der Waals surface area contributed by atoms with Gasteiger partial charge in [0.15, 0.2) is 11.5 Å². The molecule has 0 saturated heterocycles. The van der Waals surface area contributed by atoms with Gasteiger partial charge < -0.3 is 19.5 Å². The number of hydrogen-bond acceptors (Lipinski definition) is 4. The number of anilines is 1. The van der Waals surface area contributed by atoms with E-state index in [1.54, 1.807) is 44.6 Å². The summed E-state index contributed by atoms with van der Waals surface area (Å²) in [5.41, 5.74) is 2.38. The molecular formula is C20H18ClNO4. The SMILES string of the molecule is COc1ccc(NC(=O)/C=C/C2=Cc3cc(Cl)ccc3OC2)cc1OC. The molecule has 1 aliphatic rings. The van der Waals surface area contributed by atoms with E-state index in [4.69, 9.17) is 25.8 Å². The molecule has 5 nitrogen and oxygen atoms in total. The Labute approximate surface area is 156 Å². The normalized spacial score (nSPS) is 12.8. The van der Waals surface area contributed by atoms with Gasteiger partial charge in [-0.3, -0.25) is 4.79 Å². The molecule has 0 saturated carbocycles. The van der Waals surface area contributed by atoms with Gasteiger partial charge in [0.2, 0.25) is 5.91 Å². The van der Waals surface area contributed by atoms with Crippen LogP contribution < -0.4 is 19.5 Å². The van der Waals surface area contributed by atoms with Gasteiger partial charge in [-0.05, 0) is 42.0 Å². The molecule has 2 aromatic rings. The van der Waals surface area contributed by atoms with E-state index in [1.807, 2.05) is 18.2 Å². The quantitative estimate of drug-likeness (QED) is 0.795. The molecule has 2 aromatic carbocycles. The van der Waals surface area contributed by atoms with Crippen LogP contribution in [0.25, 0.3) is 6.08 Å². The molecule has 3 rings (SSSR count). The fraction of sp³-hybridized carbons (Fsp3) is 0.150. The summed E-state index contributed by atoms with van der Waals surface area (Å²) in [4.78, 5) is 12.1. The number of halogens is 1. The zero-order valence-electron chi connectivity index (χ0n) is 14.4. The Balaban J connectivity index is 1.68. The molecule has 0 aromatic heterocycles. The van der Waals surface area contributed by atoms with Gasteiger partial charge in [-0.1, -0.05) is 17.7 Å². The molecule has 1 N–H and O–H groups in total. The van der Waals surface area contributed by atoms with Crippen LogP contribution in [0.1, 0.15) is 5.56 Å². The zero-order chi connectivity index (χ0) is 18.5. The number of ether oxygens (including phenoxy) is 3. The number of rotatable bonds is 5. The van der Waals surface area contributed by atoms with Gasteiger partial charge in [0, 0.05) is 28.4 Å². The monoisotopic (exact) mass is 371 g/mol. The third kappa shape index (κ3) is 4.18. The summed E-state index contributed by atoms with van der Waals surface area (Å²) in [5, 5.41) is 3.42. The molecule has 134 valence electrons. The Morgan fingerprint density at radius 3 is 2.73 bits per heavy atom. The fourth-order valence-corrected chi connectivity index (χ4v) is 2.72. The van der Waals surface area contributed by atoms with E-state index >= 15 is 0 Å². The van der Waals surface area contributed by atoms with Crippen LogP contribution in [0, 0.1) is 0 Å². The van der Waals surface area contributed by atoms with Crippen LogP contribution >= 0.6 is 11.6 Å². The van der Waals surface area contributed by atoms with Crippen LogP contribution in [0.4, 0.5) is 5.69 Å². The van der Waals surface area contributed by atoms with E-state index in [0.717, 1.165) is 16.9 Å². The highest BCUT2D eigenvalue weighted by Gasteiger charge is 2.11. The number of amides is 1. The van der Waals surface area contributed by atoms with Crippen molar-refractivity contribution in [2.75, 3.05) is 26.1 Å². The summed E-state index contributed by atoms with van der Waals surface area (Å²) in [6.07, 6.45) is 5.13. The van der Waals surface area contributed by atoms with Crippen molar-refractivity contribution < 1.29 is 19.0 Å². The van der Waals surface area contributed by atoms with Gasteiger partial charge >= 0.3 is 0 Å². The molecule has 0 bridgehead atoms. The summed E-state index contributed by atoms with van der Waals surface area (Å²) in [6, 6.07) is 10.6. The van der Waals surface area contributed by atoms with Crippen LogP contribution in [0.15, 0.2) is 54.1 Å². The zero-order valence-corrected chi connectivity index (χ0v) is 15.2. The molecule has 6 heteroatoms. The van der Waals surface area contributed by atoms with Gasteiger partial charge in [0.25, 0.3) is 0 Å². The maximum absolute atomic E-state index is 12.1. The van der Waals surface area contributed by atoms with Crippen molar-refractivity contribution in [2.24, 2.45) is 0 Å². The van der Waals surface area contributed by atoms with E-state index in [0.29, 0.717) is 28.8 Å². The van der Waals surface area contributed by atoms with Gasteiger partial charge in [-0.25, -0.2) is 0 Å². The maximum Gasteiger partial charge on any atom is 0.248 e. The fourth-order valence-electron chi connectivity index (χ4n) is 2.54. The third-order valence-electron chi connectivity index (χ3n) is 3.81. The van der Waals surface area contributed by atoms with Gasteiger partial charge in [-0.2, -0.15) is 0 Å². The maximum atomic E-state index is 12.1. The number of carbonyl (C=O) groups is 1. The van der Waals surface area contributed by atoms with Crippen molar-refractivity contribution in [1.82, 2.24) is 0 Å². The minimum absolute atomic E-state index is 0.255. The number of fused-ring (bicyclic) bond motifs is 1. The lowest BCUT2D eigenvalue weighted by Gasteiger charge is -2.16. The summed E-state index contributed by atoms with van der Waals surface area (Å²) in [7, 11) is 3.10. The molecule has 0 atom stereocenters. The van der Waals surface area contributed by atoms with E-state index < -0.39 is 0 Å². The minimum atomic E-state index is -0.255. The standard InChI is InChI=1S/C20H18ClNO4/c1-24-18-7-5-16(11-19(18)25-2)22-20(23)8-3-13-9-14-10-15(21)4-6-17(14)26-12-13/h3-11H,12H2,1-2H3,(H,22,23)/b8-3+. The van der Waals surface area contributed by atoms with Crippen molar-refractivity contribution in [3.05, 3.63) is 64.7 Å². The first-order valence-corrected chi connectivity index (χ1v) is 8.31. The predicted molar refractivity (Wildman–Crippen MR) is 102 cm³/mol. The second-order valence-corrected chi connectivity index (χ2v) is 6.02. The summed E-state index contributed by atoms with van der Waals surface area (Å²) in [5.74, 6) is 1.67. The molecule has 26 heavy (non-hydrogen) atoms. The van der Waals surface area contributed by atoms with E-state index in [1.165, 1.54) is 6.08 Å². The molecule has 1 amide bonds. The number of methoxy groups -OCH3 is 2. The lowest BCUT2D eigenvalue weighted by molar-refractivity contribution is -0.111. The number of nitrogens with one attached hydrogen (secondary N) is 1. The first-order chi connectivity index (χ1) is 12.6. The second-order valence-electron chi connectivity index (χ2n) is 5.58. The topological polar surface area (TPSA) is 56.8 Å². The highest BCUT2D eigenvalue weighted by Crippen LogP contribution is 2.30. The Bertz CT molecular complexity index is 889. The first-order valence-electron chi connectivity index (χ1n) is 7.93. The summed E-state index contributed by atoms with van der Waals surface area (Å²) >= 11 is 6.00. The van der Waals surface area contributed by atoms with Crippen LogP contribution in [-0.2, 0) is 4.79 Å². The van der Waals surface area contributed by atoms with E-state index in [2.05, 4.69) is 5.32 Å². The number of benzene rings is 2. The molecule has 0 radical (unpaired) electrons. The average molecular weight is 372 g/mol. The second kappa shape index (κ2) is 7.97. The lowest BCUT2D eigenvalue weighted by atomic mass is 10.1. The van der Waals surface area contributed by atoms with Crippen molar-refractivity contribution in [3.63, 3.8) is 0 Å². The van der Waals surface area contributed by atoms with Crippen LogP contribution in [-0.4, -0.2) is 26.7 Å². The first kappa shape index (κ1) is 17.9. The van der Waals surface area contributed by atoms with Crippen molar-refractivity contribution in [3.8, 4) is 17.2 Å². The van der Waals surface area contributed by atoms with Gasteiger partial charge in [0.05, 0.1) is 14.2 Å². The molecule has 0 aliphatic carbocycles. The summed E-state index contributed by atoms with van der Waals surface area (Å²) in [6.45, 7) is 0.398. The molecule has 1 heterocycles. The van der Waals surface area contributed by atoms with Crippen molar-refractivity contribution >= 4 is 29.3 Å². The van der Waals surface area contributed by atoms with Crippen LogP contribution in [0.5, 0.6) is 17.2 Å². The largest absolute Gasteiger partial charge is 0.493 e. The average Bonchev–Trinajstić information content (AvgIpc) is 2.65. The van der Waals surface area contributed by atoms with Crippen LogP contribution in [0.2, 0.25) is 5.02 Å². The van der Waals surface area contributed by atoms with Crippen molar-refractivity contribution in [2.45, 2.75) is 0 Å². The van der Waals surface area contributed by atoms with Gasteiger partial charge in [-0.15, -0.1) is 0 Å². The van der Waals surface area contributed by atoms with E-state index in [9.17, 15) is 4.79 Å². The van der Waals surface area contributed by atoms with E-state index in [-0.39, 0.29) is 5.91 Å². The van der Waals surface area contributed by atoms with Crippen molar-refractivity contribution in [1.29, 1.82) is 0 Å². The Kier molecular flexibility index (Phi) is 5.49. The molecule has 0 spiro atoms. The highest BCUT2D eigenvalue weighted by atomic mass is 35.5. The molecular weight excluding hydrogens is 354 g/mol. The lowest BCUT2D eigenvalue weighted by Crippen LogP contribution is -2.10.